The van der Waals surface area contributed by atoms with Gasteiger partial charge in [0.25, 0.3) is 0 Å². The minimum Gasteiger partial charge on any atom is -0.493 e. The molecule has 0 aromatic heterocycles. The molecule has 2 heterocycles. The first kappa shape index (κ1) is 20.7. The Hall–Kier alpha value is -1.86. The minimum absolute atomic E-state index is 0.275. The number of methoxy groups -OCH3 is 3. The Morgan fingerprint density at radius 1 is 1.06 bits per heavy atom. The molecule has 4 aliphatic rings. The average molecular weight is 498 g/mol. The number of likely N-dealkylation sites (tertiary alicyclic amines) is 1. The second kappa shape index (κ2) is 7.07. The standard InChI is InChI=1S/C26H28BrNO4/c1-29-19-10-9-18-15-20-25(27)11-12-26(30-2,31-3)23-24(25,21(18)22(19)32-23)13-14-28(20)16-17-7-5-4-6-8-17/h4-12,20,23H,13-16H2,1-3H3/t20-,23-,24+,25-/m1/s1. The number of halogens is 1. The number of benzene rings is 2. The van der Waals surface area contributed by atoms with E-state index < -0.39 is 5.79 Å². The maximum absolute atomic E-state index is 6.74. The van der Waals surface area contributed by atoms with Gasteiger partial charge >= 0.3 is 0 Å². The molecule has 2 aliphatic carbocycles. The largest absolute Gasteiger partial charge is 0.493 e. The number of nitrogens with zero attached hydrogens (tertiary/aromatic N) is 1. The Morgan fingerprint density at radius 2 is 1.84 bits per heavy atom. The van der Waals surface area contributed by atoms with E-state index in [1.54, 1.807) is 21.3 Å². The average Bonchev–Trinajstić information content (AvgIpc) is 3.18. The van der Waals surface area contributed by atoms with Crippen LogP contribution in [0.4, 0.5) is 0 Å². The van der Waals surface area contributed by atoms with E-state index >= 15 is 0 Å². The Bertz CT molecular complexity index is 1080. The maximum atomic E-state index is 6.74. The first-order valence-electron chi connectivity index (χ1n) is 11.2. The second-order valence-corrected chi connectivity index (χ2v) is 10.6. The highest BCUT2D eigenvalue weighted by atomic mass is 79.9. The van der Waals surface area contributed by atoms with Crippen LogP contribution < -0.4 is 9.47 Å². The summed E-state index contributed by atoms with van der Waals surface area (Å²) in [6.45, 7) is 1.90. The topological polar surface area (TPSA) is 40.2 Å². The zero-order valence-corrected chi connectivity index (χ0v) is 20.2. The second-order valence-electron chi connectivity index (χ2n) is 9.26. The third-order valence-electron chi connectivity index (χ3n) is 8.16. The zero-order chi connectivity index (χ0) is 22.1. The molecule has 2 aromatic rings. The van der Waals surface area contributed by atoms with E-state index in [4.69, 9.17) is 18.9 Å². The van der Waals surface area contributed by atoms with Crippen molar-refractivity contribution in [2.24, 2.45) is 0 Å². The normalized spacial score (nSPS) is 33.5. The van der Waals surface area contributed by atoms with Crippen LogP contribution in [0.3, 0.4) is 0 Å². The summed E-state index contributed by atoms with van der Waals surface area (Å²) in [6, 6.07) is 15.3. The molecule has 32 heavy (non-hydrogen) atoms. The van der Waals surface area contributed by atoms with Crippen LogP contribution in [0.2, 0.25) is 0 Å². The molecule has 0 radical (unpaired) electrons. The highest BCUT2D eigenvalue weighted by Gasteiger charge is 2.74. The predicted octanol–water partition coefficient (Wildman–Crippen LogP) is 4.22. The van der Waals surface area contributed by atoms with Crippen molar-refractivity contribution >= 4 is 15.9 Å². The van der Waals surface area contributed by atoms with Gasteiger partial charge < -0.3 is 18.9 Å². The number of hydrogen-bond acceptors (Lipinski definition) is 5. The molecule has 2 aromatic carbocycles. The van der Waals surface area contributed by atoms with E-state index in [-0.39, 0.29) is 21.9 Å². The first-order valence-corrected chi connectivity index (χ1v) is 12.0. The molecule has 1 spiro atoms. The monoisotopic (exact) mass is 497 g/mol. The fourth-order valence-corrected chi connectivity index (χ4v) is 7.89. The van der Waals surface area contributed by atoms with Crippen molar-refractivity contribution in [1.82, 2.24) is 4.90 Å². The third-order valence-corrected chi connectivity index (χ3v) is 9.66. The molecular formula is C26H28BrNO4. The lowest BCUT2D eigenvalue weighted by atomic mass is 9.52. The zero-order valence-electron chi connectivity index (χ0n) is 18.6. The summed E-state index contributed by atoms with van der Waals surface area (Å²) in [7, 11) is 5.09. The smallest absolute Gasteiger partial charge is 0.226 e. The van der Waals surface area contributed by atoms with Gasteiger partial charge in [0.05, 0.1) is 16.8 Å². The van der Waals surface area contributed by atoms with E-state index in [1.165, 1.54) is 16.7 Å². The lowest BCUT2D eigenvalue weighted by Crippen LogP contribution is -2.75. The lowest BCUT2D eigenvalue weighted by molar-refractivity contribution is -0.241. The fraction of sp³-hybridized carbons (Fsp3) is 0.462. The van der Waals surface area contributed by atoms with Gasteiger partial charge in [-0.2, -0.15) is 0 Å². The number of ether oxygens (including phenoxy) is 4. The van der Waals surface area contributed by atoms with Gasteiger partial charge in [-0.15, -0.1) is 0 Å². The van der Waals surface area contributed by atoms with E-state index in [0.29, 0.717) is 0 Å². The highest BCUT2D eigenvalue weighted by molar-refractivity contribution is 9.10. The van der Waals surface area contributed by atoms with Crippen LogP contribution >= 0.6 is 15.9 Å². The van der Waals surface area contributed by atoms with Crippen LogP contribution in [0.25, 0.3) is 0 Å². The van der Waals surface area contributed by atoms with Gasteiger partial charge in [0, 0.05) is 32.4 Å². The molecule has 2 aliphatic heterocycles. The van der Waals surface area contributed by atoms with E-state index in [0.717, 1.165) is 37.4 Å². The number of hydrogen-bond donors (Lipinski definition) is 0. The van der Waals surface area contributed by atoms with Crippen molar-refractivity contribution in [2.75, 3.05) is 27.9 Å². The molecule has 5 nitrogen and oxygen atoms in total. The van der Waals surface area contributed by atoms with Crippen molar-refractivity contribution in [2.45, 2.75) is 47.1 Å². The van der Waals surface area contributed by atoms with Crippen molar-refractivity contribution in [3.63, 3.8) is 0 Å². The summed E-state index contributed by atoms with van der Waals surface area (Å²) in [5.74, 6) is 0.659. The summed E-state index contributed by atoms with van der Waals surface area (Å²) >= 11 is 4.30. The Balaban J connectivity index is 1.55. The number of rotatable bonds is 5. The molecule has 1 saturated heterocycles. The van der Waals surface area contributed by atoms with E-state index in [1.807, 2.05) is 12.1 Å². The quantitative estimate of drug-likeness (QED) is 0.351. The fourth-order valence-electron chi connectivity index (χ4n) is 6.71. The lowest BCUT2D eigenvalue weighted by Gasteiger charge is -2.63. The Morgan fingerprint density at radius 3 is 2.56 bits per heavy atom. The summed E-state index contributed by atoms with van der Waals surface area (Å²) in [4.78, 5) is 2.62. The molecule has 168 valence electrons. The summed E-state index contributed by atoms with van der Waals surface area (Å²) in [5, 5.41) is 0. The van der Waals surface area contributed by atoms with Crippen LogP contribution in [-0.2, 0) is 27.9 Å². The van der Waals surface area contributed by atoms with Crippen molar-refractivity contribution < 1.29 is 18.9 Å². The molecule has 0 saturated carbocycles. The Labute approximate surface area is 197 Å². The molecule has 2 bridgehead atoms. The van der Waals surface area contributed by atoms with Gasteiger partial charge in [-0.1, -0.05) is 58.4 Å². The van der Waals surface area contributed by atoms with Gasteiger partial charge in [0.2, 0.25) is 5.79 Å². The first-order chi connectivity index (χ1) is 15.5. The Kier molecular flexibility index (Phi) is 4.58. The van der Waals surface area contributed by atoms with Crippen molar-refractivity contribution in [3.8, 4) is 11.5 Å². The van der Waals surface area contributed by atoms with Gasteiger partial charge in [0.1, 0.15) is 0 Å². The maximum Gasteiger partial charge on any atom is 0.226 e. The molecule has 6 heteroatoms. The van der Waals surface area contributed by atoms with Gasteiger partial charge in [-0.3, -0.25) is 4.90 Å². The van der Waals surface area contributed by atoms with Gasteiger partial charge in [-0.25, -0.2) is 0 Å². The van der Waals surface area contributed by atoms with Crippen LogP contribution in [0.1, 0.15) is 23.1 Å². The highest BCUT2D eigenvalue weighted by Crippen LogP contribution is 2.68. The summed E-state index contributed by atoms with van der Waals surface area (Å²) < 4.78 is 24.2. The summed E-state index contributed by atoms with van der Waals surface area (Å²) in [6.07, 6.45) is 5.88. The predicted molar refractivity (Wildman–Crippen MR) is 126 cm³/mol. The van der Waals surface area contributed by atoms with Gasteiger partial charge in [-0.05, 0) is 42.7 Å². The van der Waals surface area contributed by atoms with Crippen LogP contribution in [0.5, 0.6) is 11.5 Å². The molecule has 0 unspecified atom stereocenters. The number of alkyl halides is 1. The molecule has 1 fully saturated rings. The third kappa shape index (κ3) is 2.39. The SMILES string of the molecule is COc1ccc2c3c1O[C@H]1C(OC)(OC)C=C[C@@]4(Br)[C@@H](C2)N(Cc2ccccc2)CC[C@]314. The van der Waals surface area contributed by atoms with Crippen LogP contribution in [0.15, 0.2) is 54.6 Å². The van der Waals surface area contributed by atoms with Crippen LogP contribution in [-0.4, -0.2) is 55.0 Å². The molecule has 0 N–H and O–H groups in total. The minimum atomic E-state index is -0.956. The summed E-state index contributed by atoms with van der Waals surface area (Å²) in [5.41, 5.74) is 3.61. The van der Waals surface area contributed by atoms with E-state index in [2.05, 4.69) is 63.3 Å². The van der Waals surface area contributed by atoms with Gasteiger partial charge in [0.15, 0.2) is 17.6 Å². The molecule has 4 atom stereocenters. The van der Waals surface area contributed by atoms with Crippen molar-refractivity contribution in [1.29, 1.82) is 0 Å². The molecule has 6 rings (SSSR count). The van der Waals surface area contributed by atoms with Crippen molar-refractivity contribution in [3.05, 3.63) is 71.3 Å². The number of piperidine rings is 1. The van der Waals surface area contributed by atoms with E-state index in [9.17, 15) is 0 Å². The van der Waals surface area contributed by atoms with Crippen LogP contribution in [0, 0.1) is 0 Å². The molecule has 0 amide bonds. The molecular weight excluding hydrogens is 470 g/mol.